The molecule has 3 N–H and O–H groups in total. The summed E-state index contributed by atoms with van der Waals surface area (Å²) >= 11 is 0. The van der Waals surface area contributed by atoms with Crippen LogP contribution in [0.15, 0.2) is 10.6 Å². The molecule has 0 aliphatic heterocycles. The van der Waals surface area contributed by atoms with E-state index in [-0.39, 0.29) is 12.0 Å². The summed E-state index contributed by atoms with van der Waals surface area (Å²) in [6.45, 7) is 6.71. The number of phosphoric ester groups is 1. The Labute approximate surface area is 190 Å². The Morgan fingerprint density at radius 1 is 1.06 bits per heavy atom. The molecule has 4 aliphatic carbocycles. The molecule has 32 heavy (non-hydrogen) atoms. The van der Waals surface area contributed by atoms with Gasteiger partial charge < -0.3 is 19.4 Å². The Morgan fingerprint density at radius 2 is 1.81 bits per heavy atom. The summed E-state index contributed by atoms with van der Waals surface area (Å²) in [7, 11) is -4.53. The van der Waals surface area contributed by atoms with Crippen LogP contribution >= 0.6 is 7.82 Å². The van der Waals surface area contributed by atoms with Gasteiger partial charge >= 0.3 is 7.82 Å². The molecule has 4 fully saturated rings. The second-order valence-corrected chi connectivity index (χ2v) is 13.3. The molecule has 1 aromatic rings. The van der Waals surface area contributed by atoms with Crippen molar-refractivity contribution in [1.29, 1.82) is 0 Å². The highest BCUT2D eigenvalue weighted by atomic mass is 31.2. The maximum absolute atomic E-state index is 11.0. The van der Waals surface area contributed by atoms with E-state index in [0.717, 1.165) is 43.2 Å². The molecule has 7 nitrogen and oxygen atoms in total. The Morgan fingerprint density at radius 3 is 2.56 bits per heavy atom. The van der Waals surface area contributed by atoms with Gasteiger partial charge in [-0.25, -0.2) is 4.57 Å². The van der Waals surface area contributed by atoms with Crippen molar-refractivity contribution in [2.75, 3.05) is 0 Å². The van der Waals surface area contributed by atoms with Crippen LogP contribution in [0.1, 0.15) is 95.9 Å². The van der Waals surface area contributed by atoms with Crippen molar-refractivity contribution >= 4 is 7.82 Å². The molecular weight excluding hydrogens is 429 g/mol. The molecule has 180 valence electrons. The highest BCUT2D eigenvalue weighted by Gasteiger charge is 2.61. The van der Waals surface area contributed by atoms with E-state index >= 15 is 0 Å². The SMILES string of the molecule is C[C@@]1(O)CC[C@@]2(C)C(CC[C@@H]3C2CC[C@]2(C)[C@@H](c4cc(COP(=O)(O)O)on4)CC[C@@H]32)C1. The summed E-state index contributed by atoms with van der Waals surface area (Å²) < 4.78 is 21.0. The summed E-state index contributed by atoms with van der Waals surface area (Å²) in [6.07, 6.45) is 10.3. The fraction of sp³-hybridized carbons (Fsp3) is 0.875. The van der Waals surface area contributed by atoms with Crippen LogP contribution in [0.5, 0.6) is 0 Å². The summed E-state index contributed by atoms with van der Waals surface area (Å²) in [5.41, 5.74) is 0.951. The minimum Gasteiger partial charge on any atom is -0.390 e. The number of aromatic nitrogens is 1. The van der Waals surface area contributed by atoms with Gasteiger partial charge in [0.2, 0.25) is 0 Å². The van der Waals surface area contributed by atoms with Gasteiger partial charge in [0.05, 0.1) is 11.3 Å². The molecule has 0 saturated heterocycles. The van der Waals surface area contributed by atoms with E-state index < -0.39 is 13.4 Å². The number of phosphoric acid groups is 1. The van der Waals surface area contributed by atoms with Gasteiger partial charge in [-0.3, -0.25) is 4.52 Å². The molecule has 0 spiro atoms. The first-order chi connectivity index (χ1) is 14.9. The van der Waals surface area contributed by atoms with Crippen molar-refractivity contribution in [3.8, 4) is 0 Å². The van der Waals surface area contributed by atoms with E-state index in [1.165, 1.54) is 32.1 Å². The molecule has 1 heterocycles. The first-order valence-corrected chi connectivity index (χ1v) is 13.8. The van der Waals surface area contributed by atoms with Gasteiger partial charge in [-0.05, 0) is 99.2 Å². The zero-order valence-electron chi connectivity index (χ0n) is 19.5. The fourth-order valence-corrected chi connectivity index (χ4v) is 8.92. The number of fused-ring (bicyclic) bond motifs is 5. The number of rotatable bonds is 4. The third kappa shape index (κ3) is 3.82. The van der Waals surface area contributed by atoms with Crippen molar-refractivity contribution in [3.63, 3.8) is 0 Å². The quantitative estimate of drug-likeness (QED) is 0.524. The zero-order valence-corrected chi connectivity index (χ0v) is 20.4. The number of hydrogen-bond donors (Lipinski definition) is 3. The molecule has 1 aromatic heterocycles. The molecular formula is C24H38NO6P. The fourth-order valence-electron chi connectivity index (χ4n) is 8.63. The van der Waals surface area contributed by atoms with E-state index in [1.807, 2.05) is 13.0 Å². The van der Waals surface area contributed by atoms with E-state index in [2.05, 4.69) is 23.5 Å². The summed E-state index contributed by atoms with van der Waals surface area (Å²) in [5.74, 6) is 3.50. The lowest BCUT2D eigenvalue weighted by Crippen LogP contribution is -2.55. The van der Waals surface area contributed by atoms with Gasteiger partial charge in [0.1, 0.15) is 6.61 Å². The monoisotopic (exact) mass is 467 g/mol. The minimum atomic E-state index is -4.53. The average Bonchev–Trinajstić information content (AvgIpc) is 3.30. The van der Waals surface area contributed by atoms with Crippen LogP contribution in [0.2, 0.25) is 0 Å². The Hall–Kier alpha value is -0.720. The van der Waals surface area contributed by atoms with Crippen LogP contribution in [0.4, 0.5) is 0 Å². The van der Waals surface area contributed by atoms with Gasteiger partial charge in [0.15, 0.2) is 5.76 Å². The lowest BCUT2D eigenvalue weighted by molar-refractivity contribution is -0.143. The molecule has 0 radical (unpaired) electrons. The molecule has 4 aliphatic rings. The third-order valence-corrected chi connectivity index (χ3v) is 10.7. The Bertz CT molecular complexity index is 910. The smallest absolute Gasteiger partial charge is 0.390 e. The lowest BCUT2D eigenvalue weighted by atomic mass is 9.44. The van der Waals surface area contributed by atoms with Crippen molar-refractivity contribution in [1.82, 2.24) is 5.16 Å². The van der Waals surface area contributed by atoms with Crippen LogP contribution in [0.3, 0.4) is 0 Å². The average molecular weight is 468 g/mol. The Balaban J connectivity index is 1.34. The summed E-state index contributed by atoms with van der Waals surface area (Å²) in [4.78, 5) is 17.9. The standard InChI is InChI=1S/C24H38NO6P/c1-22(26)10-11-23(2)15(13-22)4-5-17-18-6-7-20(24(18,3)9-8-19(17)23)21-12-16(31-25-21)14-30-32(27,28)29/h12,15,17-20,26H,4-11,13-14H2,1-3H3,(H2,27,28,29)/t15?,17-,18-,19?,20+,22+,23-,24-/m0/s1. The Kier molecular flexibility index (Phi) is 5.50. The third-order valence-electron chi connectivity index (χ3n) is 10.3. The first-order valence-electron chi connectivity index (χ1n) is 12.3. The largest absolute Gasteiger partial charge is 0.470 e. The van der Waals surface area contributed by atoms with E-state index in [1.54, 1.807) is 0 Å². The zero-order chi connectivity index (χ0) is 22.9. The van der Waals surface area contributed by atoms with Gasteiger partial charge in [0.25, 0.3) is 0 Å². The van der Waals surface area contributed by atoms with Gasteiger partial charge in [-0.2, -0.15) is 0 Å². The second kappa shape index (κ2) is 7.64. The summed E-state index contributed by atoms with van der Waals surface area (Å²) in [5, 5.41) is 15.0. The van der Waals surface area contributed by atoms with Crippen LogP contribution < -0.4 is 0 Å². The van der Waals surface area contributed by atoms with Crippen molar-refractivity contribution in [2.24, 2.45) is 34.5 Å². The molecule has 4 saturated carbocycles. The highest BCUT2D eigenvalue weighted by Crippen LogP contribution is 2.69. The molecule has 0 bridgehead atoms. The lowest BCUT2D eigenvalue weighted by Gasteiger charge is -2.61. The van der Waals surface area contributed by atoms with Gasteiger partial charge in [-0.15, -0.1) is 0 Å². The van der Waals surface area contributed by atoms with Crippen LogP contribution in [0, 0.1) is 34.5 Å². The second-order valence-electron chi connectivity index (χ2n) is 12.0. The van der Waals surface area contributed by atoms with E-state index in [4.69, 9.17) is 14.3 Å². The number of hydrogen-bond acceptors (Lipinski definition) is 5. The van der Waals surface area contributed by atoms with Crippen LogP contribution in [0.25, 0.3) is 0 Å². The van der Waals surface area contributed by atoms with Crippen molar-refractivity contribution in [2.45, 2.75) is 96.7 Å². The molecule has 0 amide bonds. The van der Waals surface area contributed by atoms with Crippen molar-refractivity contribution in [3.05, 3.63) is 17.5 Å². The molecule has 5 rings (SSSR count). The maximum Gasteiger partial charge on any atom is 0.470 e. The number of nitrogens with zero attached hydrogens (tertiary/aromatic N) is 1. The van der Waals surface area contributed by atoms with Gasteiger partial charge in [0, 0.05) is 12.0 Å². The van der Waals surface area contributed by atoms with E-state index in [0.29, 0.717) is 28.9 Å². The van der Waals surface area contributed by atoms with Gasteiger partial charge in [-0.1, -0.05) is 19.0 Å². The van der Waals surface area contributed by atoms with Crippen LogP contribution in [-0.2, 0) is 15.7 Å². The summed E-state index contributed by atoms with van der Waals surface area (Å²) in [6, 6.07) is 1.83. The highest BCUT2D eigenvalue weighted by molar-refractivity contribution is 7.46. The molecule has 8 atom stereocenters. The van der Waals surface area contributed by atoms with Crippen molar-refractivity contribution < 1.29 is 28.5 Å². The predicted molar refractivity (Wildman–Crippen MR) is 118 cm³/mol. The minimum absolute atomic E-state index is 0.183. The van der Waals surface area contributed by atoms with E-state index in [9.17, 15) is 9.67 Å². The van der Waals surface area contributed by atoms with Crippen LogP contribution in [-0.4, -0.2) is 25.7 Å². The number of aliphatic hydroxyl groups is 1. The topological polar surface area (TPSA) is 113 Å². The first kappa shape index (κ1) is 23.0. The molecule has 0 aromatic carbocycles. The maximum atomic E-state index is 11.0. The predicted octanol–water partition coefficient (Wildman–Crippen LogP) is 5.16. The normalized spacial score (nSPS) is 46.4. The molecule has 8 heteroatoms. The molecule has 2 unspecified atom stereocenters.